The number of para-hydroxylation sites is 1. The monoisotopic (exact) mass is 353 g/mol. The molecule has 0 aliphatic carbocycles. The summed E-state index contributed by atoms with van der Waals surface area (Å²) >= 11 is 1.43. The number of benzene rings is 2. The summed E-state index contributed by atoms with van der Waals surface area (Å²) < 4.78 is 5.29. The molecule has 0 radical (unpaired) electrons. The number of nitrogens with zero attached hydrogens (tertiary/aromatic N) is 3. The Balaban J connectivity index is 1.80. The van der Waals surface area contributed by atoms with Gasteiger partial charge in [-0.05, 0) is 24.6 Å². The molecule has 2 aromatic carbocycles. The fourth-order valence-electron chi connectivity index (χ4n) is 2.49. The van der Waals surface area contributed by atoms with E-state index in [-0.39, 0.29) is 11.2 Å². The highest BCUT2D eigenvalue weighted by molar-refractivity contribution is 8.15. The van der Waals surface area contributed by atoms with Gasteiger partial charge < -0.3 is 4.74 Å². The van der Waals surface area contributed by atoms with Gasteiger partial charge in [-0.3, -0.25) is 9.69 Å². The Morgan fingerprint density at radius 1 is 1.16 bits per heavy atom. The second-order valence-electron chi connectivity index (χ2n) is 5.54. The zero-order valence-electron chi connectivity index (χ0n) is 14.1. The van der Waals surface area contributed by atoms with E-state index in [1.54, 1.807) is 18.2 Å². The van der Waals surface area contributed by atoms with Gasteiger partial charge in [0.2, 0.25) is 5.91 Å². The Morgan fingerprint density at radius 2 is 1.88 bits per heavy atom. The van der Waals surface area contributed by atoms with Crippen molar-refractivity contribution in [3.8, 4) is 5.75 Å². The number of amides is 1. The van der Waals surface area contributed by atoms with Gasteiger partial charge in [-0.25, -0.2) is 0 Å². The molecule has 2 aromatic rings. The van der Waals surface area contributed by atoms with Crippen LogP contribution in [0.15, 0.2) is 64.8 Å². The van der Waals surface area contributed by atoms with Crippen molar-refractivity contribution in [2.75, 3.05) is 7.11 Å². The highest BCUT2D eigenvalue weighted by Crippen LogP contribution is 2.28. The lowest BCUT2D eigenvalue weighted by atomic mass is 10.2. The van der Waals surface area contributed by atoms with Gasteiger partial charge in [0.1, 0.15) is 5.75 Å². The highest BCUT2D eigenvalue weighted by atomic mass is 32.2. The molecular formula is C19H19N3O2S. The maximum Gasteiger partial charge on any atom is 0.242 e. The van der Waals surface area contributed by atoms with E-state index in [0.29, 0.717) is 11.7 Å². The van der Waals surface area contributed by atoms with Crippen molar-refractivity contribution in [3.05, 3.63) is 65.7 Å². The van der Waals surface area contributed by atoms with Crippen molar-refractivity contribution in [1.82, 2.24) is 4.90 Å². The Kier molecular flexibility index (Phi) is 5.50. The first-order chi connectivity index (χ1) is 12.2. The van der Waals surface area contributed by atoms with Crippen LogP contribution in [0.4, 0.5) is 0 Å². The molecule has 5 nitrogen and oxygen atoms in total. The maximum atomic E-state index is 12.4. The van der Waals surface area contributed by atoms with Gasteiger partial charge in [-0.15, -0.1) is 5.10 Å². The van der Waals surface area contributed by atoms with Gasteiger partial charge in [0, 0.05) is 5.56 Å². The number of thioether (sulfide) groups is 1. The summed E-state index contributed by atoms with van der Waals surface area (Å²) in [6.45, 7) is 2.39. The molecule has 1 aliphatic heterocycles. The molecule has 1 saturated heterocycles. The third-order valence-corrected chi connectivity index (χ3v) is 4.86. The molecule has 0 aromatic heterocycles. The number of carbonyl (C=O) groups is 1. The number of rotatable bonds is 5. The minimum absolute atomic E-state index is 0.0556. The van der Waals surface area contributed by atoms with E-state index in [2.05, 4.69) is 10.2 Å². The minimum atomic E-state index is -0.149. The van der Waals surface area contributed by atoms with Crippen molar-refractivity contribution in [1.29, 1.82) is 0 Å². The molecule has 1 amide bonds. The predicted molar refractivity (Wildman–Crippen MR) is 102 cm³/mol. The molecule has 1 atom stereocenters. The van der Waals surface area contributed by atoms with Gasteiger partial charge in [0.25, 0.3) is 0 Å². The van der Waals surface area contributed by atoms with Crippen molar-refractivity contribution >= 4 is 29.1 Å². The summed E-state index contributed by atoms with van der Waals surface area (Å²) in [6.07, 6.45) is 1.64. The molecule has 1 fully saturated rings. The van der Waals surface area contributed by atoms with Crippen LogP contribution in [0.3, 0.4) is 0 Å². The molecule has 1 unspecified atom stereocenters. The number of methoxy groups -OCH3 is 1. The molecular weight excluding hydrogens is 334 g/mol. The molecule has 0 saturated carbocycles. The average Bonchev–Trinajstić information content (AvgIpc) is 2.91. The Bertz CT molecular complexity index is 805. The van der Waals surface area contributed by atoms with Crippen LogP contribution in [0.2, 0.25) is 0 Å². The molecule has 3 rings (SSSR count). The van der Waals surface area contributed by atoms with Gasteiger partial charge in [-0.2, -0.15) is 5.10 Å². The fraction of sp³-hybridized carbons (Fsp3) is 0.211. The first-order valence-electron chi connectivity index (χ1n) is 7.95. The van der Waals surface area contributed by atoms with Crippen molar-refractivity contribution in [2.45, 2.75) is 18.7 Å². The zero-order chi connectivity index (χ0) is 17.6. The minimum Gasteiger partial charge on any atom is -0.496 e. The van der Waals surface area contributed by atoms with Gasteiger partial charge >= 0.3 is 0 Å². The molecule has 0 N–H and O–H groups in total. The second-order valence-corrected chi connectivity index (χ2v) is 6.85. The van der Waals surface area contributed by atoms with Crippen LogP contribution in [0.1, 0.15) is 18.1 Å². The predicted octanol–water partition coefficient (Wildman–Crippen LogP) is 3.55. The quantitative estimate of drug-likeness (QED) is 0.610. The summed E-state index contributed by atoms with van der Waals surface area (Å²) in [4.78, 5) is 14.1. The van der Waals surface area contributed by atoms with Crippen LogP contribution in [0.25, 0.3) is 0 Å². The van der Waals surface area contributed by atoms with Crippen LogP contribution in [0, 0.1) is 0 Å². The van der Waals surface area contributed by atoms with Crippen LogP contribution in [0.5, 0.6) is 5.75 Å². The van der Waals surface area contributed by atoms with Crippen molar-refractivity contribution in [2.24, 2.45) is 10.2 Å². The molecule has 0 bridgehead atoms. The summed E-state index contributed by atoms with van der Waals surface area (Å²) in [6, 6.07) is 17.5. The summed E-state index contributed by atoms with van der Waals surface area (Å²) in [5, 5.41) is 8.90. The lowest BCUT2D eigenvalue weighted by Gasteiger charge is -2.15. The van der Waals surface area contributed by atoms with E-state index in [1.165, 1.54) is 11.8 Å². The Hall–Kier alpha value is -2.60. The number of carbonyl (C=O) groups excluding carboxylic acids is 1. The average molecular weight is 353 g/mol. The van der Waals surface area contributed by atoms with E-state index in [0.717, 1.165) is 16.9 Å². The third-order valence-electron chi connectivity index (χ3n) is 3.79. The third kappa shape index (κ3) is 4.09. The number of ether oxygens (including phenoxy) is 1. The summed E-state index contributed by atoms with van der Waals surface area (Å²) in [5.74, 6) is 0.788. The highest BCUT2D eigenvalue weighted by Gasteiger charge is 2.35. The molecule has 0 spiro atoms. The van der Waals surface area contributed by atoms with Gasteiger partial charge in [-0.1, -0.05) is 54.2 Å². The van der Waals surface area contributed by atoms with Crippen LogP contribution < -0.4 is 4.74 Å². The standard InChI is InChI=1S/C19H19N3O2S/c1-14-18(23)22(13-15-8-4-3-5-9-15)19(25-14)21-20-12-16-10-6-7-11-17(16)24-2/h3-12,14H,13H2,1-2H3. The Morgan fingerprint density at radius 3 is 2.64 bits per heavy atom. The molecule has 1 aliphatic rings. The van der Waals surface area contributed by atoms with E-state index in [9.17, 15) is 4.79 Å². The van der Waals surface area contributed by atoms with Crippen LogP contribution >= 0.6 is 11.8 Å². The maximum absolute atomic E-state index is 12.4. The zero-order valence-corrected chi connectivity index (χ0v) is 14.9. The smallest absolute Gasteiger partial charge is 0.242 e. The van der Waals surface area contributed by atoms with Gasteiger partial charge in [0.05, 0.1) is 25.1 Å². The van der Waals surface area contributed by atoms with Crippen molar-refractivity contribution in [3.63, 3.8) is 0 Å². The molecule has 128 valence electrons. The lowest BCUT2D eigenvalue weighted by molar-refractivity contribution is -0.126. The number of hydrogen-bond donors (Lipinski definition) is 0. The normalized spacial score (nSPS) is 19.1. The van der Waals surface area contributed by atoms with E-state index in [4.69, 9.17) is 4.74 Å². The van der Waals surface area contributed by atoms with Crippen LogP contribution in [-0.2, 0) is 11.3 Å². The summed E-state index contributed by atoms with van der Waals surface area (Å²) in [5.41, 5.74) is 1.90. The van der Waals surface area contributed by atoms with Gasteiger partial charge in [0.15, 0.2) is 5.17 Å². The topological polar surface area (TPSA) is 54.3 Å². The molecule has 6 heteroatoms. The lowest BCUT2D eigenvalue weighted by Crippen LogP contribution is -2.30. The van der Waals surface area contributed by atoms with Crippen LogP contribution in [-0.4, -0.2) is 34.5 Å². The second kappa shape index (κ2) is 7.98. The van der Waals surface area contributed by atoms with E-state index in [1.807, 2.05) is 61.5 Å². The first kappa shape index (κ1) is 17.2. The first-order valence-corrected chi connectivity index (χ1v) is 8.83. The molecule has 25 heavy (non-hydrogen) atoms. The molecule has 1 heterocycles. The Labute approximate surface area is 151 Å². The van der Waals surface area contributed by atoms with E-state index < -0.39 is 0 Å². The summed E-state index contributed by atoms with van der Waals surface area (Å²) in [7, 11) is 1.62. The largest absolute Gasteiger partial charge is 0.496 e. The fourth-order valence-corrected chi connectivity index (χ4v) is 3.41. The SMILES string of the molecule is COc1ccccc1C=NN=C1SC(C)C(=O)N1Cc1ccccc1. The number of amidine groups is 1. The van der Waals surface area contributed by atoms with E-state index >= 15 is 0 Å². The number of hydrogen-bond acceptors (Lipinski definition) is 5. The van der Waals surface area contributed by atoms with Crippen molar-refractivity contribution < 1.29 is 9.53 Å².